The van der Waals surface area contributed by atoms with Crippen molar-refractivity contribution in [3.05, 3.63) is 0 Å². The van der Waals surface area contributed by atoms with Gasteiger partial charge in [0.1, 0.15) is 5.78 Å². The van der Waals surface area contributed by atoms with Gasteiger partial charge in [0.15, 0.2) is 0 Å². The molecule has 3 rings (SSSR count). The summed E-state index contributed by atoms with van der Waals surface area (Å²) in [6.45, 7) is 3.36. The largest absolute Gasteiger partial charge is 0.393 e. The smallest absolute Gasteiger partial charge is 0.138 e. The van der Waals surface area contributed by atoms with Gasteiger partial charge in [-0.05, 0) is 6.42 Å². The number of fused-ring (bicyclic) bond motifs is 2. The fraction of sp³-hybridized carbons (Fsp3) is 0.909. The Bertz CT molecular complexity index is 275. The molecule has 1 N–H and O–H groups in total. The summed E-state index contributed by atoms with van der Waals surface area (Å²) >= 11 is 0. The van der Waals surface area contributed by atoms with Crippen LogP contribution in [0.25, 0.3) is 0 Å². The number of hydrogen-bond acceptors (Lipinski definition) is 4. The van der Waals surface area contributed by atoms with E-state index in [2.05, 4.69) is 4.90 Å². The molecule has 84 valence electrons. The molecule has 0 aromatic heterocycles. The number of rotatable bonds is 1. The third-order valence-corrected chi connectivity index (χ3v) is 4.16. The van der Waals surface area contributed by atoms with Crippen LogP contribution in [-0.4, -0.2) is 54.2 Å². The number of aliphatic hydroxyl groups is 1. The minimum Gasteiger partial charge on any atom is -0.393 e. The van der Waals surface area contributed by atoms with E-state index in [4.69, 9.17) is 4.74 Å². The summed E-state index contributed by atoms with van der Waals surface area (Å²) in [4.78, 5) is 14.0. The van der Waals surface area contributed by atoms with Crippen LogP contribution in [0, 0.1) is 11.8 Å². The minimum absolute atomic E-state index is 0.100. The lowest BCUT2D eigenvalue weighted by Gasteiger charge is -2.34. The first-order chi connectivity index (χ1) is 7.27. The second kappa shape index (κ2) is 3.54. The summed E-state index contributed by atoms with van der Waals surface area (Å²) in [5.41, 5.74) is 0. The molecule has 4 unspecified atom stereocenters. The highest BCUT2D eigenvalue weighted by Gasteiger charge is 2.54. The first-order valence-electron chi connectivity index (χ1n) is 5.80. The van der Waals surface area contributed by atoms with Crippen molar-refractivity contribution in [2.45, 2.75) is 25.0 Å². The van der Waals surface area contributed by atoms with E-state index in [0.717, 1.165) is 26.3 Å². The molecule has 0 aromatic carbocycles. The van der Waals surface area contributed by atoms with Crippen molar-refractivity contribution in [1.29, 1.82) is 0 Å². The van der Waals surface area contributed by atoms with Crippen molar-refractivity contribution in [3.63, 3.8) is 0 Å². The van der Waals surface area contributed by atoms with E-state index in [1.54, 1.807) is 0 Å². The lowest BCUT2D eigenvalue weighted by atomic mass is 9.97. The average molecular weight is 211 g/mol. The highest BCUT2D eigenvalue weighted by atomic mass is 16.5. The van der Waals surface area contributed by atoms with Crippen LogP contribution in [0.15, 0.2) is 0 Å². The number of hydrogen-bond donors (Lipinski definition) is 1. The van der Waals surface area contributed by atoms with Crippen molar-refractivity contribution in [1.82, 2.24) is 4.90 Å². The van der Waals surface area contributed by atoms with Gasteiger partial charge in [-0.25, -0.2) is 0 Å². The summed E-state index contributed by atoms with van der Waals surface area (Å²) < 4.78 is 5.31. The van der Waals surface area contributed by atoms with Crippen molar-refractivity contribution < 1.29 is 14.6 Å². The number of nitrogens with zero attached hydrogens (tertiary/aromatic N) is 1. The third-order valence-electron chi connectivity index (χ3n) is 4.16. The Morgan fingerprint density at radius 3 is 2.67 bits per heavy atom. The number of carbonyl (C=O) groups excluding carboxylic acids is 1. The molecule has 1 heterocycles. The lowest BCUT2D eigenvalue weighted by molar-refractivity contribution is -0.123. The number of Topliss-reactive ketones (excluding diaryl/α,β-unsaturated/α-hetero) is 1. The maximum atomic E-state index is 11.7. The number of carbonyl (C=O) groups is 1. The van der Waals surface area contributed by atoms with Crippen molar-refractivity contribution in [3.8, 4) is 0 Å². The second-order valence-electron chi connectivity index (χ2n) is 4.88. The summed E-state index contributed by atoms with van der Waals surface area (Å²) in [5.74, 6) is 0.658. The number of ketones is 1. The van der Waals surface area contributed by atoms with E-state index in [1.807, 2.05) is 0 Å². The number of morpholine rings is 1. The van der Waals surface area contributed by atoms with Gasteiger partial charge < -0.3 is 9.84 Å². The predicted octanol–water partition coefficient (Wildman–Crippen LogP) is -0.343. The molecule has 0 radical (unpaired) electrons. The molecule has 2 aliphatic carbocycles. The summed E-state index contributed by atoms with van der Waals surface area (Å²) in [6.07, 6.45) is 1.03. The molecule has 1 aliphatic heterocycles. The highest BCUT2D eigenvalue weighted by molar-refractivity contribution is 5.86. The quantitative estimate of drug-likeness (QED) is 0.644. The molecular formula is C11H17NO3. The molecule has 0 aromatic rings. The van der Waals surface area contributed by atoms with E-state index < -0.39 is 0 Å². The Morgan fingerprint density at radius 2 is 2.07 bits per heavy atom. The highest BCUT2D eigenvalue weighted by Crippen LogP contribution is 2.45. The topological polar surface area (TPSA) is 49.8 Å². The fourth-order valence-corrected chi connectivity index (χ4v) is 3.46. The van der Waals surface area contributed by atoms with E-state index in [1.165, 1.54) is 0 Å². The van der Waals surface area contributed by atoms with Crippen LogP contribution in [-0.2, 0) is 9.53 Å². The minimum atomic E-state index is -0.249. The van der Waals surface area contributed by atoms with Crippen LogP contribution in [0.5, 0.6) is 0 Å². The lowest BCUT2D eigenvalue weighted by Crippen LogP contribution is -2.46. The average Bonchev–Trinajstić information content (AvgIpc) is 2.73. The van der Waals surface area contributed by atoms with Gasteiger partial charge in [0.05, 0.1) is 19.3 Å². The summed E-state index contributed by atoms with van der Waals surface area (Å²) in [6, 6.07) is 0.302. The van der Waals surface area contributed by atoms with Gasteiger partial charge in [0, 0.05) is 37.4 Å². The maximum Gasteiger partial charge on any atom is 0.138 e. The fourth-order valence-electron chi connectivity index (χ4n) is 3.46. The van der Waals surface area contributed by atoms with Crippen molar-refractivity contribution in [2.24, 2.45) is 11.8 Å². The van der Waals surface area contributed by atoms with Crippen LogP contribution < -0.4 is 0 Å². The Balaban J connectivity index is 1.78. The van der Waals surface area contributed by atoms with Crippen LogP contribution in [0.4, 0.5) is 0 Å². The maximum absolute atomic E-state index is 11.7. The van der Waals surface area contributed by atoms with Crippen LogP contribution in [0.2, 0.25) is 0 Å². The monoisotopic (exact) mass is 211 g/mol. The van der Waals surface area contributed by atoms with Crippen LogP contribution in [0.3, 0.4) is 0 Å². The molecular weight excluding hydrogens is 194 g/mol. The van der Waals surface area contributed by atoms with Crippen LogP contribution in [0.1, 0.15) is 12.8 Å². The van der Waals surface area contributed by atoms with Crippen molar-refractivity contribution >= 4 is 5.78 Å². The van der Waals surface area contributed by atoms with E-state index in [0.29, 0.717) is 24.7 Å². The van der Waals surface area contributed by atoms with Gasteiger partial charge in [0.25, 0.3) is 0 Å². The molecule has 3 aliphatic rings. The molecule has 2 saturated carbocycles. The van der Waals surface area contributed by atoms with Crippen molar-refractivity contribution in [2.75, 3.05) is 26.3 Å². The summed E-state index contributed by atoms with van der Waals surface area (Å²) in [7, 11) is 0. The molecule has 2 bridgehead atoms. The predicted molar refractivity (Wildman–Crippen MR) is 53.4 cm³/mol. The Labute approximate surface area is 89.2 Å². The zero-order valence-corrected chi connectivity index (χ0v) is 8.76. The molecule has 4 heteroatoms. The van der Waals surface area contributed by atoms with Crippen LogP contribution >= 0.6 is 0 Å². The molecule has 0 amide bonds. The van der Waals surface area contributed by atoms with E-state index >= 15 is 0 Å². The first kappa shape index (κ1) is 9.75. The Hall–Kier alpha value is -0.450. The third kappa shape index (κ3) is 1.43. The Morgan fingerprint density at radius 1 is 1.33 bits per heavy atom. The number of ether oxygens (including phenoxy) is 1. The van der Waals surface area contributed by atoms with Gasteiger partial charge in [0.2, 0.25) is 0 Å². The zero-order chi connectivity index (χ0) is 10.4. The first-order valence-corrected chi connectivity index (χ1v) is 5.80. The number of aliphatic hydroxyl groups excluding tert-OH is 1. The van der Waals surface area contributed by atoms with E-state index in [-0.39, 0.29) is 17.9 Å². The van der Waals surface area contributed by atoms with Gasteiger partial charge in [-0.3, -0.25) is 9.69 Å². The molecule has 4 nitrogen and oxygen atoms in total. The van der Waals surface area contributed by atoms with Gasteiger partial charge in [-0.15, -0.1) is 0 Å². The summed E-state index contributed by atoms with van der Waals surface area (Å²) in [5, 5.41) is 9.83. The molecule has 1 saturated heterocycles. The van der Waals surface area contributed by atoms with Gasteiger partial charge >= 0.3 is 0 Å². The molecule has 0 spiro atoms. The normalized spacial score (nSPS) is 46.3. The van der Waals surface area contributed by atoms with Gasteiger partial charge in [-0.1, -0.05) is 0 Å². The zero-order valence-electron chi connectivity index (χ0n) is 8.76. The van der Waals surface area contributed by atoms with Gasteiger partial charge in [-0.2, -0.15) is 0 Å². The molecule has 15 heavy (non-hydrogen) atoms. The molecule has 3 fully saturated rings. The Kier molecular flexibility index (Phi) is 2.30. The second-order valence-corrected chi connectivity index (χ2v) is 4.88. The molecule has 4 atom stereocenters. The van der Waals surface area contributed by atoms with E-state index in [9.17, 15) is 9.90 Å². The SMILES string of the molecule is O=C1CC2C(O)CC1C2N1CCOCC1. The standard InChI is InChI=1S/C11H17NO3/c13-9-5-7-10(14)6-8(9)11(7)12-1-3-15-4-2-12/h7-9,11,13H,1-6H2.